The summed E-state index contributed by atoms with van der Waals surface area (Å²) in [4.78, 5) is 6.70. The number of rotatable bonds is 4. The first-order valence-corrected chi connectivity index (χ1v) is 7.24. The highest BCUT2D eigenvalue weighted by Gasteiger charge is 2.16. The molecule has 1 aromatic heterocycles. The number of H-pyrrole nitrogens is 1. The van der Waals surface area contributed by atoms with Crippen molar-refractivity contribution in [3.05, 3.63) is 24.3 Å². The summed E-state index contributed by atoms with van der Waals surface area (Å²) in [6, 6.07) is 7.88. The van der Waals surface area contributed by atoms with Crippen molar-refractivity contribution in [2.75, 3.05) is 31.2 Å². The van der Waals surface area contributed by atoms with Gasteiger partial charge < -0.3 is 14.4 Å². The van der Waals surface area contributed by atoms with Crippen LogP contribution in [-0.2, 0) is 4.74 Å². The number of morpholine rings is 1. The first-order valence-electron chi connectivity index (χ1n) is 7.24. The van der Waals surface area contributed by atoms with Crippen LogP contribution in [0.2, 0.25) is 0 Å². The molecule has 0 unspecified atom stereocenters. The number of hydrogen-bond acceptors (Lipinski definition) is 5. The van der Waals surface area contributed by atoms with Crippen LogP contribution in [0.1, 0.15) is 13.8 Å². The lowest BCUT2D eigenvalue weighted by atomic mass is 10.2. The maximum absolute atomic E-state index is 5.71. The van der Waals surface area contributed by atoms with Gasteiger partial charge in [-0.2, -0.15) is 4.98 Å². The smallest absolute Gasteiger partial charge is 0.245 e. The first kappa shape index (κ1) is 13.9. The van der Waals surface area contributed by atoms with Crippen molar-refractivity contribution in [1.29, 1.82) is 0 Å². The number of aromatic amines is 1. The van der Waals surface area contributed by atoms with Crippen LogP contribution in [0.3, 0.4) is 0 Å². The molecule has 1 fully saturated rings. The van der Waals surface area contributed by atoms with Crippen molar-refractivity contribution < 1.29 is 9.47 Å². The minimum Gasteiger partial charge on any atom is -0.491 e. The van der Waals surface area contributed by atoms with Gasteiger partial charge in [-0.15, -0.1) is 5.10 Å². The maximum Gasteiger partial charge on any atom is 0.245 e. The van der Waals surface area contributed by atoms with Gasteiger partial charge in [0.25, 0.3) is 0 Å². The zero-order valence-corrected chi connectivity index (χ0v) is 12.4. The number of ether oxygens (including phenoxy) is 2. The predicted octanol–water partition coefficient (Wildman–Crippen LogP) is 2.10. The van der Waals surface area contributed by atoms with Crippen molar-refractivity contribution in [3.8, 4) is 17.1 Å². The Bertz CT molecular complexity index is 591. The molecule has 0 spiro atoms. The zero-order chi connectivity index (χ0) is 14.7. The van der Waals surface area contributed by atoms with Crippen LogP contribution in [-0.4, -0.2) is 47.6 Å². The van der Waals surface area contributed by atoms with Crippen molar-refractivity contribution in [2.24, 2.45) is 0 Å². The second-order valence-electron chi connectivity index (χ2n) is 5.28. The maximum atomic E-state index is 5.71. The largest absolute Gasteiger partial charge is 0.491 e. The molecule has 0 bridgehead atoms. The average molecular weight is 288 g/mol. The Kier molecular flexibility index (Phi) is 4.06. The quantitative estimate of drug-likeness (QED) is 0.933. The van der Waals surface area contributed by atoms with E-state index in [1.165, 1.54) is 0 Å². The number of hydrogen-bond donors (Lipinski definition) is 1. The standard InChI is InChI=1S/C15H20N4O2/c1-11(2)21-13-5-3-4-12(10-13)14-16-15(18-17-14)19-6-8-20-9-7-19/h3-5,10-11H,6-9H2,1-2H3,(H,16,17,18). The lowest BCUT2D eigenvalue weighted by Gasteiger charge is -2.25. The lowest BCUT2D eigenvalue weighted by molar-refractivity contribution is 0.122. The molecule has 0 aliphatic carbocycles. The Morgan fingerprint density at radius 3 is 2.86 bits per heavy atom. The number of nitrogens with zero attached hydrogens (tertiary/aromatic N) is 3. The minimum atomic E-state index is 0.152. The molecular formula is C15H20N4O2. The minimum absolute atomic E-state index is 0.152. The van der Waals surface area contributed by atoms with Crippen LogP contribution in [0.15, 0.2) is 24.3 Å². The second-order valence-corrected chi connectivity index (χ2v) is 5.28. The van der Waals surface area contributed by atoms with Crippen molar-refractivity contribution in [1.82, 2.24) is 15.2 Å². The van der Waals surface area contributed by atoms with E-state index < -0.39 is 0 Å². The van der Waals surface area contributed by atoms with E-state index in [-0.39, 0.29) is 6.10 Å². The Balaban J connectivity index is 1.79. The lowest BCUT2D eigenvalue weighted by Crippen LogP contribution is -2.36. The van der Waals surface area contributed by atoms with E-state index in [1.54, 1.807) is 0 Å². The third kappa shape index (κ3) is 3.33. The molecule has 21 heavy (non-hydrogen) atoms. The molecular weight excluding hydrogens is 268 g/mol. The van der Waals surface area contributed by atoms with Gasteiger partial charge in [0, 0.05) is 18.7 Å². The molecule has 0 radical (unpaired) electrons. The van der Waals surface area contributed by atoms with Crippen LogP contribution in [0.5, 0.6) is 5.75 Å². The summed E-state index contributed by atoms with van der Waals surface area (Å²) in [5, 5.41) is 7.30. The molecule has 0 atom stereocenters. The molecule has 6 heteroatoms. The third-order valence-corrected chi connectivity index (χ3v) is 3.25. The molecule has 2 aromatic rings. The molecule has 3 rings (SSSR count). The fourth-order valence-electron chi connectivity index (χ4n) is 2.28. The van der Waals surface area contributed by atoms with Crippen LogP contribution in [0, 0.1) is 0 Å². The highest BCUT2D eigenvalue weighted by molar-refractivity contribution is 5.58. The topological polar surface area (TPSA) is 63.3 Å². The van der Waals surface area contributed by atoms with Gasteiger partial charge >= 0.3 is 0 Å². The summed E-state index contributed by atoms with van der Waals surface area (Å²) < 4.78 is 11.1. The van der Waals surface area contributed by atoms with Gasteiger partial charge in [0.15, 0.2) is 5.82 Å². The highest BCUT2D eigenvalue weighted by atomic mass is 16.5. The molecule has 1 saturated heterocycles. The summed E-state index contributed by atoms with van der Waals surface area (Å²) in [6.07, 6.45) is 0.152. The SMILES string of the molecule is CC(C)Oc1cccc(-c2nc(N3CCOCC3)n[nH]2)c1. The van der Waals surface area contributed by atoms with Crippen molar-refractivity contribution in [3.63, 3.8) is 0 Å². The molecule has 0 saturated carbocycles. The van der Waals surface area contributed by atoms with E-state index in [9.17, 15) is 0 Å². The Morgan fingerprint density at radius 1 is 1.29 bits per heavy atom. The monoisotopic (exact) mass is 288 g/mol. The molecule has 0 amide bonds. The molecule has 6 nitrogen and oxygen atoms in total. The number of nitrogens with one attached hydrogen (secondary N) is 1. The molecule has 1 aliphatic rings. The molecule has 112 valence electrons. The van der Waals surface area contributed by atoms with Crippen LogP contribution < -0.4 is 9.64 Å². The van der Waals surface area contributed by atoms with Gasteiger partial charge in [0.1, 0.15) is 5.75 Å². The summed E-state index contributed by atoms with van der Waals surface area (Å²) in [6.45, 7) is 7.13. The highest BCUT2D eigenvalue weighted by Crippen LogP contribution is 2.23. The van der Waals surface area contributed by atoms with Gasteiger partial charge in [-0.3, -0.25) is 5.10 Å². The van der Waals surface area contributed by atoms with E-state index in [1.807, 2.05) is 38.1 Å². The fraction of sp³-hybridized carbons (Fsp3) is 0.467. The number of benzene rings is 1. The first-order chi connectivity index (χ1) is 10.2. The summed E-state index contributed by atoms with van der Waals surface area (Å²) >= 11 is 0. The predicted molar refractivity (Wildman–Crippen MR) is 80.6 cm³/mol. The Morgan fingerprint density at radius 2 is 2.10 bits per heavy atom. The van der Waals surface area contributed by atoms with E-state index in [2.05, 4.69) is 20.1 Å². The van der Waals surface area contributed by atoms with E-state index in [0.29, 0.717) is 0 Å². The van der Waals surface area contributed by atoms with Gasteiger partial charge in [0.2, 0.25) is 5.95 Å². The molecule has 1 N–H and O–H groups in total. The van der Waals surface area contributed by atoms with Crippen LogP contribution >= 0.6 is 0 Å². The van der Waals surface area contributed by atoms with E-state index >= 15 is 0 Å². The molecule has 2 heterocycles. The fourth-order valence-corrected chi connectivity index (χ4v) is 2.28. The normalized spacial score (nSPS) is 15.5. The van der Waals surface area contributed by atoms with Gasteiger partial charge in [-0.25, -0.2) is 0 Å². The number of aromatic nitrogens is 3. The average Bonchev–Trinajstić information content (AvgIpc) is 2.98. The van der Waals surface area contributed by atoms with E-state index in [0.717, 1.165) is 49.4 Å². The zero-order valence-electron chi connectivity index (χ0n) is 12.4. The number of anilines is 1. The Labute approximate surface area is 124 Å². The van der Waals surface area contributed by atoms with Gasteiger partial charge in [-0.1, -0.05) is 12.1 Å². The second kappa shape index (κ2) is 6.13. The molecule has 1 aromatic carbocycles. The summed E-state index contributed by atoms with van der Waals surface area (Å²) in [5.74, 6) is 2.32. The summed E-state index contributed by atoms with van der Waals surface area (Å²) in [5.41, 5.74) is 0.972. The van der Waals surface area contributed by atoms with Crippen molar-refractivity contribution >= 4 is 5.95 Å². The molecule has 1 aliphatic heterocycles. The van der Waals surface area contributed by atoms with Crippen molar-refractivity contribution in [2.45, 2.75) is 20.0 Å². The van der Waals surface area contributed by atoms with Crippen LogP contribution in [0.25, 0.3) is 11.4 Å². The van der Waals surface area contributed by atoms with E-state index in [4.69, 9.17) is 9.47 Å². The van der Waals surface area contributed by atoms with Crippen LogP contribution in [0.4, 0.5) is 5.95 Å². The van der Waals surface area contributed by atoms with Gasteiger partial charge in [-0.05, 0) is 26.0 Å². The third-order valence-electron chi connectivity index (χ3n) is 3.25. The Hall–Kier alpha value is -2.08. The summed E-state index contributed by atoms with van der Waals surface area (Å²) in [7, 11) is 0. The van der Waals surface area contributed by atoms with Gasteiger partial charge in [0.05, 0.1) is 19.3 Å².